The number of fused-ring (bicyclic) bond motifs is 1. The molecule has 0 aromatic heterocycles. The molecule has 2 amide bonds. The normalized spacial score (nSPS) is 22.1. The predicted molar refractivity (Wildman–Crippen MR) is 122 cm³/mol. The van der Waals surface area contributed by atoms with Crippen LogP contribution >= 0.6 is 23.2 Å². The fourth-order valence-electron chi connectivity index (χ4n) is 4.25. The third kappa shape index (κ3) is 3.52. The van der Waals surface area contributed by atoms with E-state index in [1.165, 1.54) is 23.3 Å². The standard InChI is InChI=1S/C23H15Cl2N3O5/c24-13-6-8-14(9-7-13)26-22(29)19-20(17-12-16(28(31)32)10-11-18(17)25)27(33-21(19)23(26)30)15-4-2-1-3-5-15/h1-12,19-21H. The minimum absolute atomic E-state index is 0.183. The fourth-order valence-corrected chi connectivity index (χ4v) is 4.60. The summed E-state index contributed by atoms with van der Waals surface area (Å²) in [5, 5.41) is 13.5. The van der Waals surface area contributed by atoms with Crippen molar-refractivity contribution >= 4 is 52.1 Å². The maximum atomic E-state index is 13.6. The highest BCUT2D eigenvalue weighted by molar-refractivity contribution is 6.32. The number of benzene rings is 3. The first kappa shape index (κ1) is 21.4. The van der Waals surface area contributed by atoms with E-state index in [0.29, 0.717) is 22.0 Å². The zero-order valence-corrected chi connectivity index (χ0v) is 18.3. The van der Waals surface area contributed by atoms with Crippen LogP contribution in [0, 0.1) is 16.0 Å². The molecule has 2 saturated heterocycles. The molecule has 33 heavy (non-hydrogen) atoms. The molecule has 0 saturated carbocycles. The van der Waals surface area contributed by atoms with Crippen LogP contribution in [0.1, 0.15) is 11.6 Å². The Kier molecular flexibility index (Phi) is 5.28. The smallest absolute Gasteiger partial charge is 0.269 e. The van der Waals surface area contributed by atoms with Gasteiger partial charge >= 0.3 is 0 Å². The summed E-state index contributed by atoms with van der Waals surface area (Å²) >= 11 is 12.4. The van der Waals surface area contributed by atoms with Crippen molar-refractivity contribution < 1.29 is 19.3 Å². The van der Waals surface area contributed by atoms with Crippen molar-refractivity contribution in [3.8, 4) is 0 Å². The summed E-state index contributed by atoms with van der Waals surface area (Å²) in [6.45, 7) is 0. The molecule has 3 unspecified atom stereocenters. The highest BCUT2D eigenvalue weighted by atomic mass is 35.5. The number of carbonyl (C=O) groups is 2. The molecule has 2 aliphatic rings. The first-order valence-corrected chi connectivity index (χ1v) is 10.7. The van der Waals surface area contributed by atoms with Gasteiger partial charge in [0.2, 0.25) is 5.91 Å². The van der Waals surface area contributed by atoms with E-state index in [1.807, 2.05) is 6.07 Å². The summed E-state index contributed by atoms with van der Waals surface area (Å²) in [6, 6.07) is 18.3. The minimum atomic E-state index is -1.12. The second-order valence-electron chi connectivity index (χ2n) is 7.61. The van der Waals surface area contributed by atoms with Gasteiger partial charge in [0, 0.05) is 27.7 Å². The SMILES string of the molecule is O=C1C2ON(c3ccccc3)C(c3cc([N+](=O)[O-])ccc3Cl)C2C(=O)N1c1ccc(Cl)cc1. The Hall–Kier alpha value is -3.46. The zero-order valence-electron chi connectivity index (χ0n) is 16.8. The quantitative estimate of drug-likeness (QED) is 0.296. The molecule has 0 bridgehead atoms. The van der Waals surface area contributed by atoms with Crippen LogP contribution in [-0.2, 0) is 14.4 Å². The Morgan fingerprint density at radius 2 is 1.58 bits per heavy atom. The second kappa shape index (κ2) is 8.15. The second-order valence-corrected chi connectivity index (χ2v) is 8.45. The molecule has 2 heterocycles. The molecule has 0 N–H and O–H groups in total. The van der Waals surface area contributed by atoms with E-state index in [0.717, 1.165) is 4.90 Å². The van der Waals surface area contributed by atoms with Crippen LogP contribution in [0.3, 0.4) is 0 Å². The number of anilines is 2. The third-order valence-electron chi connectivity index (χ3n) is 5.72. The Morgan fingerprint density at radius 1 is 0.879 bits per heavy atom. The number of para-hydroxylation sites is 1. The Morgan fingerprint density at radius 3 is 2.24 bits per heavy atom. The lowest BCUT2D eigenvalue weighted by molar-refractivity contribution is -0.384. The number of halogens is 2. The number of hydrogen-bond acceptors (Lipinski definition) is 6. The van der Waals surface area contributed by atoms with Crippen molar-refractivity contribution in [1.82, 2.24) is 0 Å². The highest BCUT2D eigenvalue weighted by Crippen LogP contribution is 2.49. The number of nitro groups is 1. The molecular weight excluding hydrogens is 469 g/mol. The molecule has 0 aliphatic carbocycles. The summed E-state index contributed by atoms with van der Waals surface area (Å²) in [5.74, 6) is -1.98. The van der Waals surface area contributed by atoms with Gasteiger partial charge in [0.05, 0.1) is 22.3 Å². The lowest BCUT2D eigenvalue weighted by Gasteiger charge is -2.29. The van der Waals surface area contributed by atoms with E-state index in [1.54, 1.807) is 48.5 Å². The molecule has 5 rings (SSSR count). The van der Waals surface area contributed by atoms with Crippen LogP contribution in [0.15, 0.2) is 72.8 Å². The van der Waals surface area contributed by atoms with E-state index in [-0.39, 0.29) is 10.7 Å². The largest absolute Gasteiger partial charge is 0.273 e. The lowest BCUT2D eigenvalue weighted by atomic mass is 9.90. The topological polar surface area (TPSA) is 93.0 Å². The van der Waals surface area contributed by atoms with Crippen LogP contribution in [-0.4, -0.2) is 22.8 Å². The van der Waals surface area contributed by atoms with Crippen molar-refractivity contribution in [2.45, 2.75) is 12.1 Å². The van der Waals surface area contributed by atoms with E-state index in [2.05, 4.69) is 0 Å². The van der Waals surface area contributed by atoms with E-state index in [9.17, 15) is 19.7 Å². The van der Waals surface area contributed by atoms with Crippen molar-refractivity contribution in [3.63, 3.8) is 0 Å². The van der Waals surface area contributed by atoms with Crippen LogP contribution in [0.5, 0.6) is 0 Å². The van der Waals surface area contributed by atoms with Gasteiger partial charge in [-0.15, -0.1) is 0 Å². The number of hydrogen-bond donors (Lipinski definition) is 0. The summed E-state index contributed by atoms with van der Waals surface area (Å²) < 4.78 is 0. The van der Waals surface area contributed by atoms with E-state index < -0.39 is 34.8 Å². The van der Waals surface area contributed by atoms with Crippen molar-refractivity contribution in [2.24, 2.45) is 5.92 Å². The highest BCUT2D eigenvalue weighted by Gasteiger charge is 2.60. The van der Waals surface area contributed by atoms with Crippen molar-refractivity contribution in [2.75, 3.05) is 9.96 Å². The van der Waals surface area contributed by atoms with Gasteiger partial charge in [-0.3, -0.25) is 24.5 Å². The van der Waals surface area contributed by atoms with Crippen LogP contribution in [0.4, 0.5) is 17.1 Å². The Bertz CT molecular complexity index is 1270. The number of amides is 2. The van der Waals surface area contributed by atoms with Crippen LogP contribution in [0.2, 0.25) is 10.0 Å². The van der Waals surface area contributed by atoms with Crippen LogP contribution < -0.4 is 9.96 Å². The maximum absolute atomic E-state index is 13.6. The molecule has 3 aromatic rings. The minimum Gasteiger partial charge on any atom is -0.273 e. The number of non-ortho nitro benzene ring substituents is 1. The molecule has 0 radical (unpaired) electrons. The molecular formula is C23H15Cl2N3O5. The molecule has 3 atom stereocenters. The summed E-state index contributed by atoms with van der Waals surface area (Å²) in [7, 11) is 0. The molecule has 166 valence electrons. The number of carbonyl (C=O) groups excluding carboxylic acids is 2. The zero-order chi connectivity index (χ0) is 23.3. The number of rotatable bonds is 4. The molecule has 0 spiro atoms. The molecule has 2 fully saturated rings. The lowest BCUT2D eigenvalue weighted by Crippen LogP contribution is -2.37. The molecule has 3 aromatic carbocycles. The first-order chi connectivity index (χ1) is 15.9. The average Bonchev–Trinajstić information content (AvgIpc) is 3.31. The Balaban J connectivity index is 1.63. The fraction of sp³-hybridized carbons (Fsp3) is 0.130. The molecule has 2 aliphatic heterocycles. The molecule has 10 heteroatoms. The van der Waals surface area contributed by atoms with Gasteiger partial charge < -0.3 is 0 Å². The van der Waals surface area contributed by atoms with Crippen LogP contribution in [0.25, 0.3) is 0 Å². The predicted octanol–water partition coefficient (Wildman–Crippen LogP) is 4.95. The van der Waals surface area contributed by atoms with Crippen molar-refractivity contribution in [3.05, 3.63) is 98.5 Å². The van der Waals surface area contributed by atoms with E-state index in [4.69, 9.17) is 28.0 Å². The Labute approximate surface area is 198 Å². The summed E-state index contributed by atoms with van der Waals surface area (Å²) in [5.41, 5.74) is 1.08. The number of nitrogens with zero attached hydrogens (tertiary/aromatic N) is 3. The number of hydroxylamine groups is 1. The summed E-state index contributed by atoms with van der Waals surface area (Å²) in [6.07, 6.45) is -1.12. The van der Waals surface area contributed by atoms with Gasteiger partial charge in [-0.25, -0.2) is 9.96 Å². The summed E-state index contributed by atoms with van der Waals surface area (Å²) in [4.78, 5) is 44.8. The van der Waals surface area contributed by atoms with Gasteiger partial charge in [0.25, 0.3) is 11.6 Å². The monoisotopic (exact) mass is 483 g/mol. The van der Waals surface area contributed by atoms with Gasteiger partial charge in [-0.1, -0.05) is 41.4 Å². The van der Waals surface area contributed by atoms with Gasteiger partial charge in [0.15, 0.2) is 6.10 Å². The number of nitro benzene ring substituents is 1. The van der Waals surface area contributed by atoms with Gasteiger partial charge in [0.1, 0.15) is 5.92 Å². The van der Waals surface area contributed by atoms with Crippen molar-refractivity contribution in [1.29, 1.82) is 0 Å². The average molecular weight is 484 g/mol. The number of imide groups is 1. The van der Waals surface area contributed by atoms with Gasteiger partial charge in [-0.2, -0.15) is 0 Å². The molecule has 8 nitrogen and oxygen atoms in total. The third-order valence-corrected chi connectivity index (χ3v) is 6.32. The maximum Gasteiger partial charge on any atom is 0.269 e. The van der Waals surface area contributed by atoms with E-state index >= 15 is 0 Å². The first-order valence-electron chi connectivity index (χ1n) is 9.95. The van der Waals surface area contributed by atoms with Gasteiger partial charge in [-0.05, 0) is 42.5 Å².